The van der Waals surface area contributed by atoms with Crippen LogP contribution in [0.4, 0.5) is 0 Å². The van der Waals surface area contributed by atoms with Gasteiger partial charge >= 0.3 is 0 Å². The van der Waals surface area contributed by atoms with Crippen LogP contribution < -0.4 is 10.6 Å². The molecule has 5 nitrogen and oxygen atoms in total. The van der Waals surface area contributed by atoms with Gasteiger partial charge in [-0.15, -0.1) is 24.0 Å². The third-order valence-electron chi connectivity index (χ3n) is 6.12. The van der Waals surface area contributed by atoms with Crippen molar-refractivity contribution in [2.45, 2.75) is 65.0 Å². The highest BCUT2D eigenvalue weighted by atomic mass is 127. The molecule has 0 spiro atoms. The van der Waals surface area contributed by atoms with Gasteiger partial charge < -0.3 is 20.1 Å². The Kier molecular flexibility index (Phi) is 8.27. The third kappa shape index (κ3) is 5.01. The van der Waals surface area contributed by atoms with E-state index in [9.17, 15) is 0 Å². The van der Waals surface area contributed by atoms with Gasteiger partial charge in [0.2, 0.25) is 0 Å². The number of fused-ring (bicyclic) bond motifs is 1. The minimum absolute atomic E-state index is 0. The number of halogens is 1. The first-order chi connectivity index (χ1) is 11.6. The van der Waals surface area contributed by atoms with E-state index in [1.165, 1.54) is 32.1 Å². The molecule has 3 atom stereocenters. The van der Waals surface area contributed by atoms with Crippen LogP contribution in [0, 0.1) is 17.3 Å². The van der Waals surface area contributed by atoms with E-state index < -0.39 is 0 Å². The Bertz CT molecular complexity index is 438. The van der Waals surface area contributed by atoms with E-state index >= 15 is 0 Å². The van der Waals surface area contributed by atoms with Gasteiger partial charge in [-0.3, -0.25) is 4.99 Å². The molecule has 2 saturated heterocycles. The summed E-state index contributed by atoms with van der Waals surface area (Å²) in [5.41, 5.74) is 0.183. The number of nitrogens with one attached hydrogen (secondary N) is 2. The Morgan fingerprint density at radius 1 is 1.16 bits per heavy atom. The monoisotopic (exact) mass is 465 g/mol. The van der Waals surface area contributed by atoms with Gasteiger partial charge in [0.15, 0.2) is 5.96 Å². The normalized spacial score (nSPS) is 32.1. The molecule has 0 aromatic carbocycles. The van der Waals surface area contributed by atoms with Gasteiger partial charge in [-0.2, -0.15) is 0 Å². The van der Waals surface area contributed by atoms with E-state index in [0.717, 1.165) is 44.8 Å². The summed E-state index contributed by atoms with van der Waals surface area (Å²) in [5, 5.41) is 7.14. The first kappa shape index (κ1) is 21.2. The van der Waals surface area contributed by atoms with Gasteiger partial charge in [-0.1, -0.05) is 13.8 Å². The second kappa shape index (κ2) is 9.74. The lowest BCUT2D eigenvalue weighted by atomic mass is 9.55. The molecule has 3 unspecified atom stereocenters. The maximum Gasteiger partial charge on any atom is 0.191 e. The highest BCUT2D eigenvalue weighted by Gasteiger charge is 2.58. The summed E-state index contributed by atoms with van der Waals surface area (Å²) in [7, 11) is 0. The molecule has 2 aliphatic heterocycles. The second-order valence-corrected chi connectivity index (χ2v) is 8.15. The summed E-state index contributed by atoms with van der Waals surface area (Å²) in [6, 6.07) is 0.462. The van der Waals surface area contributed by atoms with Crippen LogP contribution >= 0.6 is 24.0 Å². The minimum Gasteiger partial charge on any atom is -0.381 e. The predicted octanol–water partition coefficient (Wildman–Crippen LogP) is 3.18. The van der Waals surface area contributed by atoms with E-state index in [2.05, 4.69) is 31.4 Å². The van der Waals surface area contributed by atoms with E-state index in [-0.39, 0.29) is 29.4 Å². The molecule has 2 N–H and O–H groups in total. The molecule has 6 heteroatoms. The maximum absolute atomic E-state index is 6.01. The summed E-state index contributed by atoms with van der Waals surface area (Å²) < 4.78 is 11.5. The van der Waals surface area contributed by atoms with E-state index in [1.807, 2.05) is 0 Å². The molecule has 3 fully saturated rings. The molecular weight excluding hydrogens is 429 g/mol. The van der Waals surface area contributed by atoms with Crippen molar-refractivity contribution in [1.82, 2.24) is 10.6 Å². The Morgan fingerprint density at radius 2 is 1.92 bits per heavy atom. The van der Waals surface area contributed by atoms with Crippen molar-refractivity contribution in [3.05, 3.63) is 0 Å². The maximum atomic E-state index is 6.01. The number of guanidine groups is 1. The molecule has 146 valence electrons. The fraction of sp³-hybridized carbons (Fsp3) is 0.947. The lowest BCUT2D eigenvalue weighted by molar-refractivity contribution is -0.188. The average Bonchev–Trinajstić information content (AvgIpc) is 2.60. The molecular formula is C19H36IN3O2. The molecule has 1 saturated carbocycles. The molecule has 0 bridgehead atoms. The van der Waals surface area contributed by atoms with Crippen molar-refractivity contribution >= 4 is 29.9 Å². The Hall–Kier alpha value is -0.0800. The summed E-state index contributed by atoms with van der Waals surface area (Å²) in [6.45, 7) is 11.4. The zero-order chi connectivity index (χ0) is 17.0. The van der Waals surface area contributed by atoms with Gasteiger partial charge in [-0.25, -0.2) is 0 Å². The van der Waals surface area contributed by atoms with Crippen molar-refractivity contribution in [2.75, 3.05) is 32.9 Å². The molecule has 0 radical (unpaired) electrons. The largest absolute Gasteiger partial charge is 0.381 e. The van der Waals surface area contributed by atoms with Crippen molar-refractivity contribution in [2.24, 2.45) is 22.2 Å². The first-order valence-corrected chi connectivity index (χ1v) is 9.87. The lowest BCUT2D eigenvalue weighted by Gasteiger charge is -2.60. The molecule has 0 aromatic rings. The number of hydrogen-bond donors (Lipinski definition) is 2. The van der Waals surface area contributed by atoms with Crippen molar-refractivity contribution in [1.29, 1.82) is 0 Å². The van der Waals surface area contributed by atoms with Crippen LogP contribution in [0.25, 0.3) is 0 Å². The van der Waals surface area contributed by atoms with Crippen LogP contribution in [0.2, 0.25) is 0 Å². The average molecular weight is 465 g/mol. The lowest BCUT2D eigenvalue weighted by Crippen LogP contribution is -2.71. The molecule has 25 heavy (non-hydrogen) atoms. The van der Waals surface area contributed by atoms with Gasteiger partial charge in [0.05, 0.1) is 6.10 Å². The van der Waals surface area contributed by atoms with Crippen molar-refractivity contribution in [3.63, 3.8) is 0 Å². The zero-order valence-corrected chi connectivity index (χ0v) is 18.4. The topological polar surface area (TPSA) is 54.9 Å². The molecule has 0 amide bonds. The van der Waals surface area contributed by atoms with E-state index in [4.69, 9.17) is 14.5 Å². The molecule has 0 aromatic heterocycles. The van der Waals surface area contributed by atoms with Crippen molar-refractivity contribution in [3.8, 4) is 0 Å². The van der Waals surface area contributed by atoms with Crippen molar-refractivity contribution < 1.29 is 9.47 Å². The highest BCUT2D eigenvalue weighted by molar-refractivity contribution is 14.0. The van der Waals surface area contributed by atoms with E-state index in [0.29, 0.717) is 18.1 Å². The number of aliphatic imine (C=N–C) groups is 1. The summed E-state index contributed by atoms with van der Waals surface area (Å²) >= 11 is 0. The number of nitrogens with zero attached hydrogens (tertiary/aromatic N) is 1. The summed E-state index contributed by atoms with van der Waals surface area (Å²) in [6.07, 6.45) is 6.42. The quantitative estimate of drug-likeness (QED) is 0.372. The number of rotatable bonds is 5. The summed E-state index contributed by atoms with van der Waals surface area (Å²) in [4.78, 5) is 4.85. The van der Waals surface area contributed by atoms with Gasteiger partial charge in [0.1, 0.15) is 0 Å². The van der Waals surface area contributed by atoms with Crippen LogP contribution in [-0.2, 0) is 9.47 Å². The Morgan fingerprint density at radius 3 is 2.64 bits per heavy atom. The first-order valence-electron chi connectivity index (χ1n) is 9.87. The smallest absolute Gasteiger partial charge is 0.191 e. The van der Waals surface area contributed by atoms with E-state index in [1.54, 1.807) is 0 Å². The number of hydrogen-bond acceptors (Lipinski definition) is 3. The highest BCUT2D eigenvalue weighted by Crippen LogP contribution is 2.51. The van der Waals surface area contributed by atoms with Crippen LogP contribution in [0.1, 0.15) is 52.9 Å². The zero-order valence-electron chi connectivity index (χ0n) is 16.1. The second-order valence-electron chi connectivity index (χ2n) is 8.15. The standard InChI is InChI=1S/C19H35N3O2.HI/c1-4-20-18(21-10-7-14-8-12-23-13-9-14)22-16-15-6-5-11-24-17(15)19(16,2)3;/h14-17H,4-13H2,1-3H3,(H2,20,21,22);1H. The Labute approximate surface area is 170 Å². The summed E-state index contributed by atoms with van der Waals surface area (Å²) in [5.74, 6) is 2.39. The third-order valence-corrected chi connectivity index (χ3v) is 6.12. The van der Waals surface area contributed by atoms with Crippen LogP contribution in [0.5, 0.6) is 0 Å². The predicted molar refractivity (Wildman–Crippen MR) is 113 cm³/mol. The van der Waals surface area contributed by atoms with Crippen LogP contribution in [0.15, 0.2) is 4.99 Å². The van der Waals surface area contributed by atoms with Gasteiger partial charge in [0, 0.05) is 50.3 Å². The minimum atomic E-state index is 0. The van der Waals surface area contributed by atoms with Crippen LogP contribution in [-0.4, -0.2) is 51.0 Å². The number of ether oxygens (including phenoxy) is 2. The Balaban J connectivity index is 0.00000225. The SMILES string of the molecule is CCNC(=NCCC1CCOCC1)NC1C2CCCOC2C1(C)C.I. The molecule has 3 aliphatic rings. The molecule has 2 heterocycles. The fourth-order valence-electron chi connectivity index (χ4n) is 4.68. The van der Waals surface area contributed by atoms with Gasteiger partial charge in [0.25, 0.3) is 0 Å². The van der Waals surface area contributed by atoms with Crippen LogP contribution in [0.3, 0.4) is 0 Å². The fourth-order valence-corrected chi connectivity index (χ4v) is 4.68. The molecule has 1 aliphatic carbocycles. The van der Waals surface area contributed by atoms with Gasteiger partial charge in [-0.05, 0) is 44.9 Å². The molecule has 3 rings (SSSR count).